The van der Waals surface area contributed by atoms with Crippen LogP contribution < -0.4 is 4.74 Å². The number of nitrogens with zero attached hydrogens (tertiary/aromatic N) is 1. The normalized spacial score (nSPS) is 11.2. The Morgan fingerprint density at radius 1 is 1.08 bits per heavy atom. The van der Waals surface area contributed by atoms with E-state index in [1.807, 2.05) is 18.2 Å². The van der Waals surface area contributed by atoms with Crippen LogP contribution in [0.2, 0.25) is 0 Å². The zero-order valence-corrected chi connectivity index (χ0v) is 14.1. The first-order valence-electron chi connectivity index (χ1n) is 7.55. The van der Waals surface area contributed by atoms with Crippen molar-refractivity contribution in [3.63, 3.8) is 0 Å². The van der Waals surface area contributed by atoms with E-state index < -0.39 is 12.6 Å². The molecule has 0 aliphatic carbocycles. The molecule has 0 saturated carbocycles. The van der Waals surface area contributed by atoms with Gasteiger partial charge < -0.3 is 9.84 Å². The third-order valence-corrected chi connectivity index (χ3v) is 4.42. The zero-order valence-electron chi connectivity index (χ0n) is 13.3. The number of rotatable bonds is 6. The Hall–Kier alpha value is -3.06. The summed E-state index contributed by atoms with van der Waals surface area (Å²) in [6, 6.07) is 15.2. The lowest BCUT2D eigenvalue weighted by Crippen LogP contribution is -2.01. The fraction of sp³-hybridized carbons (Fsp3) is 0.0526. The molecule has 1 heterocycles. The van der Waals surface area contributed by atoms with Crippen LogP contribution in [-0.2, 0) is 0 Å². The molecular weight excluding hydrogens is 360 g/mol. The zero-order chi connectivity index (χ0) is 18.5. The molecule has 132 valence electrons. The van der Waals surface area contributed by atoms with Crippen molar-refractivity contribution in [2.45, 2.75) is 6.61 Å². The van der Waals surface area contributed by atoms with E-state index in [0.717, 1.165) is 22.5 Å². The van der Waals surface area contributed by atoms with Gasteiger partial charge in [-0.1, -0.05) is 48.5 Å². The number of ether oxygens (including phenoxy) is 1. The monoisotopic (exact) mass is 373 g/mol. The second-order valence-corrected chi connectivity index (χ2v) is 6.21. The summed E-state index contributed by atoms with van der Waals surface area (Å²) in [4.78, 5) is 16.0. The number of carboxylic acids is 1. The van der Waals surface area contributed by atoms with Crippen LogP contribution in [0.5, 0.6) is 5.75 Å². The minimum absolute atomic E-state index is 0.0749. The topological polar surface area (TPSA) is 59.4 Å². The molecule has 0 fully saturated rings. The van der Waals surface area contributed by atoms with E-state index in [1.165, 1.54) is 12.1 Å². The summed E-state index contributed by atoms with van der Waals surface area (Å²) in [5, 5.41) is 9.94. The number of halogens is 2. The lowest BCUT2D eigenvalue weighted by molar-refractivity contribution is -0.0498. The van der Waals surface area contributed by atoms with Gasteiger partial charge in [-0.25, -0.2) is 9.78 Å². The summed E-state index contributed by atoms with van der Waals surface area (Å²) in [5.74, 6) is -0.958. The van der Waals surface area contributed by atoms with Gasteiger partial charge >= 0.3 is 12.6 Å². The van der Waals surface area contributed by atoms with Gasteiger partial charge in [-0.05, 0) is 23.8 Å². The quantitative estimate of drug-likeness (QED) is 0.639. The van der Waals surface area contributed by atoms with Gasteiger partial charge in [0.1, 0.15) is 15.6 Å². The van der Waals surface area contributed by atoms with Gasteiger partial charge in [-0.2, -0.15) is 8.78 Å². The standard InChI is InChI=1S/C19H13F2NO3S/c20-19(21)25-14-9-6-12(7-10-14)8-11-15-22-16(17(26-15)18(23)24)13-4-2-1-3-5-13/h1-11,19H,(H,23,24)/b11-8+. The van der Waals surface area contributed by atoms with Crippen LogP contribution in [0.15, 0.2) is 54.6 Å². The summed E-state index contributed by atoms with van der Waals surface area (Å²) in [7, 11) is 0. The van der Waals surface area contributed by atoms with Crippen LogP contribution in [0.1, 0.15) is 20.2 Å². The summed E-state index contributed by atoms with van der Waals surface area (Å²) >= 11 is 1.07. The van der Waals surface area contributed by atoms with Crippen LogP contribution in [0.25, 0.3) is 23.4 Å². The van der Waals surface area contributed by atoms with Crippen LogP contribution >= 0.6 is 11.3 Å². The molecule has 2 aromatic carbocycles. The van der Waals surface area contributed by atoms with Gasteiger partial charge in [0.25, 0.3) is 0 Å². The Morgan fingerprint density at radius 2 is 1.77 bits per heavy atom. The molecule has 0 saturated heterocycles. The SMILES string of the molecule is O=C(O)c1sc(/C=C/c2ccc(OC(F)F)cc2)nc1-c1ccccc1. The molecule has 0 radical (unpaired) electrons. The molecule has 0 aliphatic heterocycles. The molecule has 0 bridgehead atoms. The molecule has 0 unspecified atom stereocenters. The summed E-state index contributed by atoms with van der Waals surface area (Å²) in [6.07, 6.45) is 3.41. The van der Waals surface area contributed by atoms with Gasteiger partial charge in [0.15, 0.2) is 0 Å². The molecule has 7 heteroatoms. The maximum atomic E-state index is 12.1. The minimum Gasteiger partial charge on any atom is -0.477 e. The van der Waals surface area contributed by atoms with Crippen molar-refractivity contribution in [1.29, 1.82) is 0 Å². The van der Waals surface area contributed by atoms with Gasteiger partial charge in [0.2, 0.25) is 0 Å². The van der Waals surface area contributed by atoms with Crippen LogP contribution in [0, 0.1) is 0 Å². The van der Waals surface area contributed by atoms with E-state index in [4.69, 9.17) is 0 Å². The third-order valence-electron chi connectivity index (χ3n) is 3.41. The molecule has 26 heavy (non-hydrogen) atoms. The number of benzene rings is 2. The minimum atomic E-state index is -2.86. The summed E-state index contributed by atoms with van der Waals surface area (Å²) in [6.45, 7) is -2.86. The third kappa shape index (κ3) is 4.31. The first-order chi connectivity index (χ1) is 12.5. The van der Waals surface area contributed by atoms with Crippen molar-refractivity contribution < 1.29 is 23.4 Å². The highest BCUT2D eigenvalue weighted by Gasteiger charge is 2.17. The fourth-order valence-corrected chi connectivity index (χ4v) is 3.10. The molecule has 0 amide bonds. The largest absolute Gasteiger partial charge is 0.477 e. The Labute approximate surface area is 152 Å². The van der Waals surface area contributed by atoms with Crippen LogP contribution in [0.4, 0.5) is 8.78 Å². The average Bonchev–Trinajstić information content (AvgIpc) is 3.06. The van der Waals surface area contributed by atoms with Crippen molar-refractivity contribution in [2.24, 2.45) is 0 Å². The van der Waals surface area contributed by atoms with E-state index in [9.17, 15) is 18.7 Å². The number of hydrogen-bond acceptors (Lipinski definition) is 4. The van der Waals surface area contributed by atoms with E-state index in [2.05, 4.69) is 9.72 Å². The highest BCUT2D eigenvalue weighted by atomic mass is 32.1. The summed E-state index contributed by atoms with van der Waals surface area (Å²) in [5.41, 5.74) is 1.90. The van der Waals surface area contributed by atoms with Crippen LogP contribution in [0.3, 0.4) is 0 Å². The van der Waals surface area contributed by atoms with Crippen molar-refractivity contribution >= 4 is 29.5 Å². The first kappa shape index (κ1) is 17.8. The fourth-order valence-electron chi connectivity index (χ4n) is 2.27. The van der Waals surface area contributed by atoms with Gasteiger partial charge in [-0.15, -0.1) is 11.3 Å². The highest BCUT2D eigenvalue weighted by Crippen LogP contribution is 2.29. The Kier molecular flexibility index (Phi) is 5.38. The van der Waals surface area contributed by atoms with E-state index in [-0.39, 0.29) is 10.6 Å². The smallest absolute Gasteiger partial charge is 0.387 e. The van der Waals surface area contributed by atoms with Crippen molar-refractivity contribution in [1.82, 2.24) is 4.98 Å². The van der Waals surface area contributed by atoms with Gasteiger partial charge in [0.05, 0.1) is 5.69 Å². The Balaban J connectivity index is 1.84. The number of carbonyl (C=O) groups is 1. The number of alkyl halides is 2. The summed E-state index contributed by atoms with van der Waals surface area (Å²) < 4.78 is 28.6. The van der Waals surface area contributed by atoms with Crippen molar-refractivity contribution in [3.8, 4) is 17.0 Å². The number of aromatic carboxylic acids is 1. The lowest BCUT2D eigenvalue weighted by Gasteiger charge is -2.03. The van der Waals surface area contributed by atoms with Crippen LogP contribution in [-0.4, -0.2) is 22.7 Å². The molecule has 0 atom stereocenters. The highest BCUT2D eigenvalue weighted by molar-refractivity contribution is 7.15. The maximum Gasteiger partial charge on any atom is 0.387 e. The number of carboxylic acid groups (broad SMARTS) is 1. The van der Waals surface area contributed by atoms with E-state index in [0.29, 0.717) is 10.7 Å². The molecular formula is C19H13F2NO3S. The molecule has 4 nitrogen and oxygen atoms in total. The number of thiazole rings is 1. The molecule has 0 spiro atoms. The van der Waals surface area contributed by atoms with Crippen molar-refractivity contribution in [3.05, 3.63) is 70.0 Å². The maximum absolute atomic E-state index is 12.1. The Bertz CT molecular complexity index is 922. The Morgan fingerprint density at radius 3 is 2.38 bits per heavy atom. The van der Waals surface area contributed by atoms with Gasteiger partial charge in [0, 0.05) is 5.56 Å². The van der Waals surface area contributed by atoms with E-state index >= 15 is 0 Å². The predicted molar refractivity (Wildman–Crippen MR) is 96.5 cm³/mol. The molecule has 1 aromatic heterocycles. The lowest BCUT2D eigenvalue weighted by atomic mass is 10.1. The molecule has 1 N–H and O–H groups in total. The van der Waals surface area contributed by atoms with Gasteiger partial charge in [-0.3, -0.25) is 0 Å². The molecule has 3 rings (SSSR count). The first-order valence-corrected chi connectivity index (χ1v) is 8.37. The number of hydrogen-bond donors (Lipinski definition) is 1. The predicted octanol–water partition coefficient (Wildman–Crippen LogP) is 5.28. The number of aromatic nitrogens is 1. The second-order valence-electron chi connectivity index (χ2n) is 5.18. The van der Waals surface area contributed by atoms with Crippen molar-refractivity contribution in [2.75, 3.05) is 0 Å². The second kappa shape index (κ2) is 7.88. The molecule has 3 aromatic rings. The molecule has 0 aliphatic rings. The average molecular weight is 373 g/mol. The van der Waals surface area contributed by atoms with E-state index in [1.54, 1.807) is 36.4 Å².